The molecule has 180 valence electrons. The fourth-order valence-corrected chi connectivity index (χ4v) is 4.82. The van der Waals surface area contributed by atoms with E-state index in [-0.39, 0.29) is 11.5 Å². The van der Waals surface area contributed by atoms with Crippen LogP contribution in [0.5, 0.6) is 11.5 Å². The predicted molar refractivity (Wildman–Crippen MR) is 140 cm³/mol. The molecule has 1 saturated heterocycles. The number of hydrogen-bond donors (Lipinski definition) is 1. The average Bonchev–Trinajstić information content (AvgIpc) is 3.14. The molecule has 3 aromatic carbocycles. The van der Waals surface area contributed by atoms with Crippen LogP contribution in [0.3, 0.4) is 0 Å². The Morgan fingerprint density at radius 2 is 1.74 bits per heavy atom. The van der Waals surface area contributed by atoms with Gasteiger partial charge in [0, 0.05) is 12.1 Å². The number of carboxylic acids is 1. The number of carbonyl (C=O) groups excluding carboxylic acids is 1. The number of amidine groups is 1. The standard InChI is InChI=1S/C27H26N2O5S/c1-4-29-25(30)24(35-27(29)28-19-11-7-18(8-12-19)26(31)32)16-22-21-15-20(33-5-2)13-9-17(21)10-14-23(22)34-6-3/h7-16H,4-6H2,1-3H3,(H,31,32)/b24-16-,28-27?. The molecule has 0 unspecified atom stereocenters. The summed E-state index contributed by atoms with van der Waals surface area (Å²) in [6, 6.07) is 16.1. The van der Waals surface area contributed by atoms with E-state index in [1.807, 2.05) is 57.2 Å². The van der Waals surface area contributed by atoms with E-state index in [4.69, 9.17) is 14.6 Å². The average molecular weight is 491 g/mol. The number of hydrogen-bond acceptors (Lipinski definition) is 6. The zero-order valence-corrected chi connectivity index (χ0v) is 20.6. The molecule has 1 N–H and O–H groups in total. The van der Waals surface area contributed by atoms with Crippen molar-refractivity contribution in [2.45, 2.75) is 20.8 Å². The molecule has 1 aliphatic heterocycles. The second-order valence-electron chi connectivity index (χ2n) is 7.63. The van der Waals surface area contributed by atoms with E-state index >= 15 is 0 Å². The van der Waals surface area contributed by atoms with Gasteiger partial charge in [0.2, 0.25) is 0 Å². The summed E-state index contributed by atoms with van der Waals surface area (Å²) in [4.78, 5) is 31.1. The summed E-state index contributed by atoms with van der Waals surface area (Å²) in [6.07, 6.45) is 1.86. The van der Waals surface area contributed by atoms with Gasteiger partial charge < -0.3 is 14.6 Å². The lowest BCUT2D eigenvalue weighted by molar-refractivity contribution is -0.122. The molecular weight excluding hydrogens is 464 g/mol. The number of benzene rings is 3. The van der Waals surface area contributed by atoms with Crippen molar-refractivity contribution < 1.29 is 24.2 Å². The first-order valence-electron chi connectivity index (χ1n) is 11.4. The van der Waals surface area contributed by atoms with Gasteiger partial charge in [0.1, 0.15) is 11.5 Å². The lowest BCUT2D eigenvalue weighted by Gasteiger charge is -2.13. The topological polar surface area (TPSA) is 88.4 Å². The van der Waals surface area contributed by atoms with Crippen LogP contribution in [-0.4, -0.2) is 46.8 Å². The molecule has 35 heavy (non-hydrogen) atoms. The summed E-state index contributed by atoms with van der Waals surface area (Å²) in [5.74, 6) is 0.301. The fourth-order valence-electron chi connectivity index (χ4n) is 3.78. The van der Waals surface area contributed by atoms with Crippen molar-refractivity contribution in [1.29, 1.82) is 0 Å². The summed E-state index contributed by atoms with van der Waals surface area (Å²) >= 11 is 1.29. The van der Waals surface area contributed by atoms with Crippen molar-refractivity contribution in [2.75, 3.05) is 19.8 Å². The van der Waals surface area contributed by atoms with Crippen molar-refractivity contribution >= 4 is 51.3 Å². The zero-order chi connectivity index (χ0) is 24.9. The smallest absolute Gasteiger partial charge is 0.335 e. The highest BCUT2D eigenvalue weighted by atomic mass is 32.2. The number of amides is 1. The third-order valence-corrected chi connectivity index (χ3v) is 6.43. The summed E-state index contributed by atoms with van der Waals surface area (Å²) in [5, 5.41) is 11.6. The Morgan fingerprint density at radius 3 is 2.40 bits per heavy atom. The summed E-state index contributed by atoms with van der Waals surface area (Å²) in [7, 11) is 0. The number of carboxylic acid groups (broad SMARTS) is 1. The molecule has 8 heteroatoms. The van der Waals surface area contributed by atoms with Crippen molar-refractivity contribution in [1.82, 2.24) is 4.90 Å². The summed E-state index contributed by atoms with van der Waals surface area (Å²) < 4.78 is 11.6. The highest BCUT2D eigenvalue weighted by molar-refractivity contribution is 8.18. The van der Waals surface area contributed by atoms with Crippen LogP contribution in [0.25, 0.3) is 16.8 Å². The van der Waals surface area contributed by atoms with E-state index in [0.29, 0.717) is 41.3 Å². The zero-order valence-electron chi connectivity index (χ0n) is 19.8. The van der Waals surface area contributed by atoms with Crippen molar-refractivity contribution in [3.8, 4) is 11.5 Å². The molecule has 1 heterocycles. The van der Waals surface area contributed by atoms with Gasteiger partial charge in [0.25, 0.3) is 5.91 Å². The molecule has 3 aromatic rings. The number of fused-ring (bicyclic) bond motifs is 1. The predicted octanol–water partition coefficient (Wildman–Crippen LogP) is 5.96. The van der Waals surface area contributed by atoms with Gasteiger partial charge in [-0.25, -0.2) is 9.79 Å². The highest BCUT2D eigenvalue weighted by Crippen LogP contribution is 2.38. The molecule has 7 nitrogen and oxygen atoms in total. The number of nitrogens with zero attached hydrogens (tertiary/aromatic N) is 2. The van der Waals surface area contributed by atoms with E-state index in [1.54, 1.807) is 17.0 Å². The van der Waals surface area contributed by atoms with E-state index < -0.39 is 5.97 Å². The maximum absolute atomic E-state index is 13.3. The van der Waals surface area contributed by atoms with Gasteiger partial charge in [0.15, 0.2) is 5.17 Å². The van der Waals surface area contributed by atoms with Gasteiger partial charge in [-0.3, -0.25) is 9.69 Å². The number of thioether (sulfide) groups is 1. The molecule has 0 aromatic heterocycles. The minimum Gasteiger partial charge on any atom is -0.494 e. The van der Waals surface area contributed by atoms with E-state index in [2.05, 4.69) is 4.99 Å². The molecular formula is C27H26N2O5S. The Labute approximate surface area is 208 Å². The fraction of sp³-hybridized carbons (Fsp3) is 0.222. The van der Waals surface area contributed by atoms with E-state index in [1.165, 1.54) is 23.9 Å². The van der Waals surface area contributed by atoms with Crippen molar-refractivity contribution in [3.05, 3.63) is 70.6 Å². The van der Waals surface area contributed by atoms with E-state index in [0.717, 1.165) is 22.1 Å². The lowest BCUT2D eigenvalue weighted by Crippen LogP contribution is -2.28. The number of carbonyl (C=O) groups is 2. The molecule has 0 radical (unpaired) electrons. The maximum atomic E-state index is 13.3. The van der Waals surface area contributed by atoms with Crippen molar-refractivity contribution in [2.24, 2.45) is 4.99 Å². The van der Waals surface area contributed by atoms with Crippen LogP contribution < -0.4 is 9.47 Å². The molecule has 0 aliphatic carbocycles. The minimum atomic E-state index is -0.997. The number of rotatable bonds is 8. The van der Waals surface area contributed by atoms with Crippen LogP contribution in [0.1, 0.15) is 36.7 Å². The number of aromatic carboxylic acids is 1. The van der Waals surface area contributed by atoms with Crippen LogP contribution in [0.15, 0.2) is 64.5 Å². The molecule has 0 spiro atoms. The Morgan fingerprint density at radius 1 is 1.03 bits per heavy atom. The van der Waals surface area contributed by atoms with Crippen LogP contribution in [0.4, 0.5) is 5.69 Å². The number of ether oxygens (including phenoxy) is 2. The largest absolute Gasteiger partial charge is 0.494 e. The van der Waals surface area contributed by atoms with Gasteiger partial charge in [-0.15, -0.1) is 0 Å². The molecule has 1 fully saturated rings. The Hall–Kier alpha value is -3.78. The van der Waals surface area contributed by atoms with Crippen LogP contribution >= 0.6 is 11.8 Å². The Bertz CT molecular complexity index is 1330. The number of likely N-dealkylation sites (N-methyl/N-ethyl adjacent to an activating group) is 1. The maximum Gasteiger partial charge on any atom is 0.335 e. The van der Waals surface area contributed by atoms with Gasteiger partial charge in [-0.1, -0.05) is 12.1 Å². The summed E-state index contributed by atoms with van der Waals surface area (Å²) in [6.45, 7) is 7.26. The SMILES string of the molecule is CCOc1ccc2ccc(OCC)c(/C=C3\SC(=Nc4ccc(C(=O)O)cc4)N(CC)C3=O)c2c1. The minimum absolute atomic E-state index is 0.140. The van der Waals surface area contributed by atoms with Crippen LogP contribution in [-0.2, 0) is 4.79 Å². The number of aliphatic imine (C=N–C) groups is 1. The van der Waals surface area contributed by atoms with Gasteiger partial charge >= 0.3 is 5.97 Å². The molecule has 1 aliphatic rings. The third kappa shape index (κ3) is 5.17. The van der Waals surface area contributed by atoms with Gasteiger partial charge in [-0.2, -0.15) is 0 Å². The van der Waals surface area contributed by atoms with Gasteiger partial charge in [0.05, 0.1) is 29.4 Å². The molecule has 0 saturated carbocycles. The second-order valence-corrected chi connectivity index (χ2v) is 8.64. The highest BCUT2D eigenvalue weighted by Gasteiger charge is 2.32. The first kappa shape index (κ1) is 24.3. The molecule has 4 rings (SSSR count). The quantitative estimate of drug-likeness (QED) is 0.392. The third-order valence-electron chi connectivity index (χ3n) is 5.42. The second kappa shape index (κ2) is 10.7. The summed E-state index contributed by atoms with van der Waals surface area (Å²) in [5.41, 5.74) is 1.57. The van der Waals surface area contributed by atoms with Crippen LogP contribution in [0.2, 0.25) is 0 Å². The van der Waals surface area contributed by atoms with E-state index in [9.17, 15) is 9.59 Å². The molecule has 0 atom stereocenters. The first-order valence-corrected chi connectivity index (χ1v) is 12.2. The Balaban J connectivity index is 1.77. The Kier molecular flexibility index (Phi) is 7.41. The van der Waals surface area contributed by atoms with Crippen molar-refractivity contribution in [3.63, 3.8) is 0 Å². The first-order chi connectivity index (χ1) is 16.9. The molecule has 0 bridgehead atoms. The normalized spacial score (nSPS) is 15.9. The van der Waals surface area contributed by atoms with Gasteiger partial charge in [-0.05, 0) is 91.8 Å². The van der Waals surface area contributed by atoms with Crippen LogP contribution in [0, 0.1) is 0 Å². The lowest BCUT2D eigenvalue weighted by atomic mass is 10.0. The monoisotopic (exact) mass is 490 g/mol. The molecule has 1 amide bonds.